The first-order valence-corrected chi connectivity index (χ1v) is 11.6. The fourth-order valence-corrected chi connectivity index (χ4v) is 4.74. The lowest BCUT2D eigenvalue weighted by Gasteiger charge is -2.36. The van der Waals surface area contributed by atoms with Crippen LogP contribution in [0, 0.1) is 13.8 Å². The Morgan fingerprint density at radius 3 is 2.50 bits per heavy atom. The number of hydrogen-bond donors (Lipinski definition) is 0. The highest BCUT2D eigenvalue weighted by atomic mass is 35.5. The minimum atomic E-state index is 0.00241. The number of anilines is 1. The first-order chi connectivity index (χ1) is 16.5. The van der Waals surface area contributed by atoms with Gasteiger partial charge in [-0.25, -0.2) is 9.67 Å². The Morgan fingerprint density at radius 2 is 1.76 bits per heavy atom. The molecule has 34 heavy (non-hydrogen) atoms. The number of halogens is 1. The molecule has 0 bridgehead atoms. The van der Waals surface area contributed by atoms with Gasteiger partial charge in [0.15, 0.2) is 5.65 Å². The smallest absolute Gasteiger partial charge is 0.254 e. The summed E-state index contributed by atoms with van der Waals surface area (Å²) in [4.78, 5) is 22.6. The van der Waals surface area contributed by atoms with Gasteiger partial charge in [0.05, 0.1) is 34.5 Å². The van der Waals surface area contributed by atoms with Crippen LogP contribution in [0.1, 0.15) is 21.7 Å². The molecule has 0 saturated carbocycles. The highest BCUT2D eigenvalue weighted by molar-refractivity contribution is 6.32. The molecule has 1 saturated heterocycles. The van der Waals surface area contributed by atoms with Gasteiger partial charge in [-0.15, -0.1) is 0 Å². The van der Waals surface area contributed by atoms with E-state index in [0.29, 0.717) is 29.3 Å². The molecular weight excluding hydrogens is 450 g/mol. The van der Waals surface area contributed by atoms with E-state index >= 15 is 0 Å². The number of piperazine rings is 1. The van der Waals surface area contributed by atoms with E-state index in [1.807, 2.05) is 67.3 Å². The third-order valence-corrected chi connectivity index (χ3v) is 6.56. The van der Waals surface area contributed by atoms with Crippen LogP contribution in [0.25, 0.3) is 16.7 Å². The zero-order valence-electron chi connectivity index (χ0n) is 19.5. The Morgan fingerprint density at radius 1 is 1.00 bits per heavy atom. The monoisotopic (exact) mass is 475 g/mol. The molecule has 3 heterocycles. The second kappa shape index (κ2) is 8.99. The Hall–Kier alpha value is -3.58. The average Bonchev–Trinajstić information content (AvgIpc) is 3.19. The molecule has 0 spiro atoms. The lowest BCUT2D eigenvalue weighted by Crippen LogP contribution is -2.48. The van der Waals surface area contributed by atoms with Crippen molar-refractivity contribution in [2.24, 2.45) is 0 Å². The molecule has 0 unspecified atom stereocenters. The van der Waals surface area contributed by atoms with E-state index in [9.17, 15) is 4.79 Å². The molecule has 1 fully saturated rings. The summed E-state index contributed by atoms with van der Waals surface area (Å²) in [6.07, 6.45) is 0. The standard InChI is InChI=1S/C26H26ClN5O2/c1-17-15-21(24-18(2)29-32(25(24)28-17)23-10-5-4-9-22(23)27)26(33)31-13-11-30(12-14-31)19-7-6-8-20(16-19)34-3/h4-10,15-16H,11-14H2,1-3H3. The lowest BCUT2D eigenvalue weighted by atomic mass is 10.1. The number of carbonyl (C=O) groups excluding carboxylic acids is 1. The van der Waals surface area contributed by atoms with E-state index in [-0.39, 0.29) is 5.91 Å². The third kappa shape index (κ3) is 3.96. The zero-order chi connectivity index (χ0) is 23.8. The van der Waals surface area contributed by atoms with Gasteiger partial charge in [-0.1, -0.05) is 29.8 Å². The van der Waals surface area contributed by atoms with Crippen molar-refractivity contribution in [2.45, 2.75) is 13.8 Å². The zero-order valence-corrected chi connectivity index (χ0v) is 20.2. The Balaban J connectivity index is 1.45. The van der Waals surface area contributed by atoms with Gasteiger partial charge in [-0.2, -0.15) is 5.10 Å². The molecule has 4 aromatic rings. The van der Waals surface area contributed by atoms with Crippen molar-refractivity contribution in [2.75, 3.05) is 38.2 Å². The highest BCUT2D eigenvalue weighted by Crippen LogP contribution is 2.29. The number of rotatable bonds is 4. The molecule has 174 valence electrons. The van der Waals surface area contributed by atoms with Gasteiger partial charge < -0.3 is 14.5 Å². The topological polar surface area (TPSA) is 63.5 Å². The molecule has 0 atom stereocenters. The molecule has 2 aromatic heterocycles. The average molecular weight is 476 g/mol. The summed E-state index contributed by atoms with van der Waals surface area (Å²) >= 11 is 6.44. The molecule has 1 amide bonds. The number of aromatic nitrogens is 3. The number of methoxy groups -OCH3 is 1. The molecule has 0 N–H and O–H groups in total. The van der Waals surface area contributed by atoms with Gasteiger partial charge in [0.2, 0.25) is 0 Å². The van der Waals surface area contributed by atoms with E-state index in [2.05, 4.69) is 11.0 Å². The molecule has 2 aromatic carbocycles. The summed E-state index contributed by atoms with van der Waals surface area (Å²) in [7, 11) is 1.67. The number of fused-ring (bicyclic) bond motifs is 1. The maximum Gasteiger partial charge on any atom is 0.254 e. The number of hydrogen-bond acceptors (Lipinski definition) is 5. The number of amides is 1. The number of aryl methyl sites for hydroxylation is 2. The largest absolute Gasteiger partial charge is 0.497 e. The van der Waals surface area contributed by atoms with E-state index in [1.165, 1.54) is 0 Å². The Kier molecular flexibility index (Phi) is 5.87. The van der Waals surface area contributed by atoms with E-state index in [1.54, 1.807) is 11.8 Å². The first kappa shape index (κ1) is 22.2. The van der Waals surface area contributed by atoms with Gasteiger partial charge in [-0.3, -0.25) is 4.79 Å². The van der Waals surface area contributed by atoms with Gasteiger partial charge in [-0.05, 0) is 44.2 Å². The van der Waals surface area contributed by atoms with Gasteiger partial charge in [0.25, 0.3) is 5.91 Å². The van der Waals surface area contributed by atoms with Crippen LogP contribution in [0.4, 0.5) is 5.69 Å². The molecule has 1 aliphatic heterocycles. The molecule has 7 nitrogen and oxygen atoms in total. The van der Waals surface area contributed by atoms with E-state index < -0.39 is 0 Å². The van der Waals surface area contributed by atoms with Crippen molar-refractivity contribution in [1.29, 1.82) is 0 Å². The SMILES string of the molecule is COc1cccc(N2CCN(C(=O)c3cc(C)nc4c3c(C)nn4-c3ccccc3Cl)CC2)c1. The van der Waals surface area contributed by atoms with Crippen LogP contribution >= 0.6 is 11.6 Å². The Labute approximate surface area is 203 Å². The predicted molar refractivity (Wildman–Crippen MR) is 134 cm³/mol. The van der Waals surface area contributed by atoms with Crippen molar-refractivity contribution in [3.8, 4) is 11.4 Å². The number of carbonyl (C=O) groups is 1. The van der Waals surface area contributed by atoms with Crippen molar-refractivity contribution >= 4 is 34.2 Å². The number of ether oxygens (including phenoxy) is 1. The number of para-hydroxylation sites is 1. The quantitative estimate of drug-likeness (QED) is 0.429. The summed E-state index contributed by atoms with van der Waals surface area (Å²) < 4.78 is 7.09. The van der Waals surface area contributed by atoms with Crippen LogP contribution in [-0.4, -0.2) is 58.9 Å². The van der Waals surface area contributed by atoms with Crippen LogP contribution in [-0.2, 0) is 0 Å². The molecule has 0 aliphatic carbocycles. The molecule has 5 rings (SSSR count). The summed E-state index contributed by atoms with van der Waals surface area (Å²) in [5.41, 5.74) is 4.63. The lowest BCUT2D eigenvalue weighted by molar-refractivity contribution is 0.0748. The van der Waals surface area contributed by atoms with Crippen LogP contribution in [0.3, 0.4) is 0 Å². The maximum absolute atomic E-state index is 13.7. The second-order valence-corrected chi connectivity index (χ2v) is 8.85. The molecule has 8 heteroatoms. The summed E-state index contributed by atoms with van der Waals surface area (Å²) in [6.45, 7) is 6.58. The Bertz CT molecular complexity index is 1380. The van der Waals surface area contributed by atoms with Crippen LogP contribution in [0.2, 0.25) is 5.02 Å². The van der Waals surface area contributed by atoms with Crippen LogP contribution in [0.15, 0.2) is 54.6 Å². The third-order valence-electron chi connectivity index (χ3n) is 6.24. The summed E-state index contributed by atoms with van der Waals surface area (Å²) in [5, 5.41) is 6.05. The van der Waals surface area contributed by atoms with Crippen molar-refractivity contribution in [3.05, 3.63) is 76.6 Å². The summed E-state index contributed by atoms with van der Waals surface area (Å²) in [6, 6.07) is 17.4. The molecule has 0 radical (unpaired) electrons. The minimum Gasteiger partial charge on any atom is -0.497 e. The van der Waals surface area contributed by atoms with Gasteiger partial charge >= 0.3 is 0 Å². The number of nitrogens with zero attached hydrogens (tertiary/aromatic N) is 5. The van der Waals surface area contributed by atoms with E-state index in [4.69, 9.17) is 26.4 Å². The number of pyridine rings is 1. The second-order valence-electron chi connectivity index (χ2n) is 8.44. The van der Waals surface area contributed by atoms with Crippen molar-refractivity contribution in [1.82, 2.24) is 19.7 Å². The molecule has 1 aliphatic rings. The predicted octanol–water partition coefficient (Wildman–Crippen LogP) is 4.66. The maximum atomic E-state index is 13.7. The van der Waals surface area contributed by atoms with Gasteiger partial charge in [0, 0.05) is 43.6 Å². The first-order valence-electron chi connectivity index (χ1n) is 11.3. The van der Waals surface area contributed by atoms with Gasteiger partial charge in [0.1, 0.15) is 5.75 Å². The van der Waals surface area contributed by atoms with Crippen LogP contribution < -0.4 is 9.64 Å². The number of benzene rings is 2. The van der Waals surface area contributed by atoms with E-state index in [0.717, 1.165) is 47.0 Å². The van der Waals surface area contributed by atoms with Crippen molar-refractivity contribution < 1.29 is 9.53 Å². The fraction of sp³-hybridized carbons (Fsp3) is 0.269. The minimum absolute atomic E-state index is 0.00241. The molecular formula is C26H26ClN5O2. The fourth-order valence-electron chi connectivity index (χ4n) is 4.52. The van der Waals surface area contributed by atoms with Crippen LogP contribution in [0.5, 0.6) is 5.75 Å². The summed E-state index contributed by atoms with van der Waals surface area (Å²) in [5.74, 6) is 0.833. The normalized spacial score (nSPS) is 14.0. The highest BCUT2D eigenvalue weighted by Gasteiger charge is 2.27. The van der Waals surface area contributed by atoms with Crippen molar-refractivity contribution in [3.63, 3.8) is 0 Å².